The minimum atomic E-state index is -0.465. The molecule has 1 fully saturated rings. The van der Waals surface area contributed by atoms with Crippen molar-refractivity contribution in [2.75, 3.05) is 11.9 Å². The molecular weight excluding hydrogens is 328 g/mol. The SMILES string of the molecule is CCOC1CC(Nc2cc(F)c(Br)cc2F)C1(C)CC. The molecule has 1 N–H and O–H groups in total. The van der Waals surface area contributed by atoms with E-state index < -0.39 is 11.6 Å². The van der Waals surface area contributed by atoms with Crippen LogP contribution in [0.5, 0.6) is 0 Å². The second kappa shape index (κ2) is 5.98. The Morgan fingerprint density at radius 2 is 2.05 bits per heavy atom. The van der Waals surface area contributed by atoms with E-state index in [2.05, 4.69) is 35.1 Å². The van der Waals surface area contributed by atoms with Gasteiger partial charge in [-0.25, -0.2) is 8.78 Å². The first-order valence-electron chi connectivity index (χ1n) is 6.95. The van der Waals surface area contributed by atoms with Gasteiger partial charge in [-0.2, -0.15) is 0 Å². The number of hydrogen-bond acceptors (Lipinski definition) is 2. The molecule has 1 aromatic carbocycles. The van der Waals surface area contributed by atoms with E-state index in [1.807, 2.05) is 6.92 Å². The molecule has 0 aliphatic heterocycles. The van der Waals surface area contributed by atoms with Gasteiger partial charge in [-0.3, -0.25) is 0 Å². The zero-order valence-corrected chi connectivity index (χ0v) is 13.6. The fraction of sp³-hybridized carbons (Fsp3) is 0.600. The molecule has 1 aliphatic rings. The molecule has 0 heterocycles. The Kier molecular flexibility index (Phi) is 4.69. The largest absolute Gasteiger partial charge is 0.379 e. The molecule has 0 bridgehead atoms. The van der Waals surface area contributed by atoms with Gasteiger partial charge in [-0.1, -0.05) is 13.8 Å². The predicted molar refractivity (Wildman–Crippen MR) is 79.9 cm³/mol. The summed E-state index contributed by atoms with van der Waals surface area (Å²) in [6.07, 6.45) is 1.92. The van der Waals surface area contributed by atoms with Crippen LogP contribution in [0.2, 0.25) is 0 Å². The fourth-order valence-electron chi connectivity index (χ4n) is 2.79. The zero-order valence-electron chi connectivity index (χ0n) is 12.0. The molecule has 1 saturated carbocycles. The minimum Gasteiger partial charge on any atom is -0.379 e. The summed E-state index contributed by atoms with van der Waals surface area (Å²) in [5.74, 6) is -0.913. The number of nitrogens with one attached hydrogen (secondary N) is 1. The summed E-state index contributed by atoms with van der Waals surface area (Å²) in [6, 6.07) is 2.45. The summed E-state index contributed by atoms with van der Waals surface area (Å²) in [6.45, 7) is 6.87. The minimum absolute atomic E-state index is 0.0496. The lowest BCUT2D eigenvalue weighted by Crippen LogP contribution is -2.59. The highest BCUT2D eigenvalue weighted by atomic mass is 79.9. The lowest BCUT2D eigenvalue weighted by atomic mass is 9.61. The average molecular weight is 348 g/mol. The second-order valence-electron chi connectivity index (χ2n) is 5.48. The zero-order chi connectivity index (χ0) is 14.9. The molecule has 0 aromatic heterocycles. The highest BCUT2D eigenvalue weighted by Crippen LogP contribution is 2.47. The predicted octanol–water partition coefficient (Wildman–Crippen LogP) is 4.73. The molecule has 0 radical (unpaired) electrons. The lowest BCUT2D eigenvalue weighted by Gasteiger charge is -2.53. The van der Waals surface area contributed by atoms with Crippen LogP contribution in [-0.2, 0) is 4.74 Å². The molecule has 1 aliphatic carbocycles. The summed E-state index contributed by atoms with van der Waals surface area (Å²) >= 11 is 2.98. The molecule has 0 amide bonds. The van der Waals surface area contributed by atoms with E-state index >= 15 is 0 Å². The van der Waals surface area contributed by atoms with Gasteiger partial charge in [0.25, 0.3) is 0 Å². The van der Waals surface area contributed by atoms with Crippen LogP contribution in [0, 0.1) is 17.0 Å². The molecule has 3 unspecified atom stereocenters. The Morgan fingerprint density at radius 1 is 1.35 bits per heavy atom. The van der Waals surface area contributed by atoms with Gasteiger partial charge >= 0.3 is 0 Å². The van der Waals surface area contributed by atoms with E-state index in [-0.39, 0.29) is 27.7 Å². The van der Waals surface area contributed by atoms with Gasteiger partial charge in [-0.05, 0) is 41.8 Å². The Morgan fingerprint density at radius 3 is 2.65 bits per heavy atom. The lowest BCUT2D eigenvalue weighted by molar-refractivity contribution is -0.109. The molecule has 3 atom stereocenters. The van der Waals surface area contributed by atoms with Crippen molar-refractivity contribution >= 4 is 21.6 Å². The number of hydrogen-bond donors (Lipinski definition) is 1. The van der Waals surface area contributed by atoms with Crippen molar-refractivity contribution in [3.8, 4) is 0 Å². The summed E-state index contributed by atoms with van der Waals surface area (Å²) in [5, 5.41) is 3.13. The summed E-state index contributed by atoms with van der Waals surface area (Å²) in [5.41, 5.74) is 0.164. The maximum atomic E-state index is 13.9. The first kappa shape index (κ1) is 15.7. The monoisotopic (exact) mass is 347 g/mol. The van der Waals surface area contributed by atoms with Crippen molar-refractivity contribution < 1.29 is 13.5 Å². The van der Waals surface area contributed by atoms with Crippen molar-refractivity contribution in [3.05, 3.63) is 28.2 Å². The normalized spacial score (nSPS) is 29.1. The van der Waals surface area contributed by atoms with Crippen molar-refractivity contribution in [2.24, 2.45) is 5.41 Å². The van der Waals surface area contributed by atoms with Crippen molar-refractivity contribution in [1.82, 2.24) is 0 Å². The second-order valence-corrected chi connectivity index (χ2v) is 6.34. The van der Waals surface area contributed by atoms with E-state index in [0.717, 1.165) is 18.9 Å². The van der Waals surface area contributed by atoms with Crippen LogP contribution in [0.1, 0.15) is 33.6 Å². The van der Waals surface area contributed by atoms with Gasteiger partial charge in [-0.15, -0.1) is 0 Å². The molecule has 2 nitrogen and oxygen atoms in total. The molecule has 5 heteroatoms. The highest BCUT2D eigenvalue weighted by Gasteiger charge is 2.51. The number of halogens is 3. The summed E-state index contributed by atoms with van der Waals surface area (Å²) < 4.78 is 33.2. The maximum absolute atomic E-state index is 13.9. The van der Waals surface area contributed by atoms with Crippen molar-refractivity contribution in [1.29, 1.82) is 0 Å². The van der Waals surface area contributed by atoms with Crippen LogP contribution >= 0.6 is 15.9 Å². The van der Waals surface area contributed by atoms with Crippen LogP contribution in [0.25, 0.3) is 0 Å². The van der Waals surface area contributed by atoms with Gasteiger partial charge < -0.3 is 10.1 Å². The molecule has 1 aromatic rings. The van der Waals surface area contributed by atoms with Crippen LogP contribution in [0.3, 0.4) is 0 Å². The van der Waals surface area contributed by atoms with Gasteiger partial charge in [0.05, 0.1) is 16.3 Å². The van der Waals surface area contributed by atoms with E-state index in [1.54, 1.807) is 0 Å². The van der Waals surface area contributed by atoms with Crippen LogP contribution in [-0.4, -0.2) is 18.8 Å². The third kappa shape index (κ3) is 2.70. The first-order chi connectivity index (χ1) is 9.42. The van der Waals surface area contributed by atoms with Crippen molar-refractivity contribution in [2.45, 2.75) is 45.8 Å². The van der Waals surface area contributed by atoms with Crippen molar-refractivity contribution in [3.63, 3.8) is 0 Å². The number of rotatable bonds is 5. The topological polar surface area (TPSA) is 21.3 Å². The average Bonchev–Trinajstić information content (AvgIpc) is 2.42. The Hall–Kier alpha value is -0.680. The molecule has 20 heavy (non-hydrogen) atoms. The Labute approximate surface area is 127 Å². The van der Waals surface area contributed by atoms with E-state index in [1.165, 1.54) is 6.07 Å². The number of benzene rings is 1. The van der Waals surface area contributed by atoms with Gasteiger partial charge in [0.2, 0.25) is 0 Å². The first-order valence-corrected chi connectivity index (χ1v) is 7.74. The molecular formula is C15H20BrF2NO. The van der Waals surface area contributed by atoms with Crippen LogP contribution in [0.15, 0.2) is 16.6 Å². The van der Waals surface area contributed by atoms with Crippen LogP contribution in [0.4, 0.5) is 14.5 Å². The highest BCUT2D eigenvalue weighted by molar-refractivity contribution is 9.10. The van der Waals surface area contributed by atoms with Gasteiger partial charge in [0, 0.05) is 24.1 Å². The smallest absolute Gasteiger partial charge is 0.147 e. The number of ether oxygens (including phenoxy) is 1. The molecule has 0 spiro atoms. The third-order valence-electron chi connectivity index (χ3n) is 4.45. The molecule has 112 valence electrons. The van der Waals surface area contributed by atoms with Crippen LogP contribution < -0.4 is 5.32 Å². The summed E-state index contributed by atoms with van der Waals surface area (Å²) in [4.78, 5) is 0. The molecule has 0 saturated heterocycles. The van der Waals surface area contributed by atoms with E-state index in [4.69, 9.17) is 4.74 Å². The third-order valence-corrected chi connectivity index (χ3v) is 5.06. The van der Waals surface area contributed by atoms with E-state index in [0.29, 0.717) is 6.61 Å². The van der Waals surface area contributed by atoms with Gasteiger partial charge in [0.15, 0.2) is 0 Å². The standard InChI is InChI=1S/C15H20BrF2NO/c1-4-15(3)13(8-14(15)20-5-2)19-12-7-10(17)9(16)6-11(12)18/h6-7,13-14,19H,4-5,8H2,1-3H3. The Balaban J connectivity index is 2.13. The Bertz CT molecular complexity index is 497. The number of anilines is 1. The molecule has 2 rings (SSSR count). The summed E-state index contributed by atoms with van der Waals surface area (Å²) in [7, 11) is 0. The van der Waals surface area contributed by atoms with E-state index in [9.17, 15) is 8.78 Å². The maximum Gasteiger partial charge on any atom is 0.147 e. The fourth-order valence-corrected chi connectivity index (χ4v) is 3.11. The van der Waals surface area contributed by atoms with Gasteiger partial charge in [0.1, 0.15) is 11.6 Å². The quantitative estimate of drug-likeness (QED) is 0.777.